The Morgan fingerprint density at radius 1 is 1.24 bits per heavy atom. The molecule has 3 rings (SSSR count). The Balaban J connectivity index is 1.54. The van der Waals surface area contributed by atoms with Crippen LogP contribution in [-0.2, 0) is 11.3 Å². The van der Waals surface area contributed by atoms with Gasteiger partial charge in [-0.25, -0.2) is 14.4 Å². The third-order valence-corrected chi connectivity index (χ3v) is 3.89. The molecule has 0 saturated carbocycles. The van der Waals surface area contributed by atoms with E-state index in [1.807, 2.05) is 19.9 Å². The molecule has 1 fully saturated rings. The lowest BCUT2D eigenvalue weighted by Crippen LogP contribution is -2.53. The molecule has 1 aliphatic rings. The fourth-order valence-corrected chi connectivity index (χ4v) is 2.38. The number of nitrogens with zero attached hydrogens (tertiary/aromatic N) is 3. The van der Waals surface area contributed by atoms with Crippen LogP contribution in [0.3, 0.4) is 0 Å². The lowest BCUT2D eigenvalue weighted by molar-refractivity contribution is 0.0207. The number of halogens is 1. The molecule has 2 aromatic rings. The van der Waals surface area contributed by atoms with Gasteiger partial charge < -0.3 is 9.64 Å². The Hall–Kier alpha value is -2.01. The van der Waals surface area contributed by atoms with Gasteiger partial charge in [0.1, 0.15) is 18.0 Å². The smallest absolute Gasteiger partial charge is 0.135 e. The molecule has 1 aromatic carbocycles. The van der Waals surface area contributed by atoms with Gasteiger partial charge in [0.25, 0.3) is 0 Å². The van der Waals surface area contributed by atoms with Crippen molar-refractivity contribution in [3.8, 4) is 0 Å². The molecule has 1 aliphatic heterocycles. The molecule has 0 atom stereocenters. The number of benzene rings is 1. The van der Waals surface area contributed by atoms with E-state index in [1.54, 1.807) is 18.5 Å². The molecule has 0 N–H and O–H groups in total. The SMILES string of the molecule is Cc1ncnc(N2CC(OCc3ccccc3F)C2)c1C. The van der Waals surface area contributed by atoms with Gasteiger partial charge >= 0.3 is 0 Å². The minimum absolute atomic E-state index is 0.124. The van der Waals surface area contributed by atoms with Crippen molar-refractivity contribution in [2.75, 3.05) is 18.0 Å². The number of ether oxygens (including phenoxy) is 1. The third kappa shape index (κ3) is 2.88. The van der Waals surface area contributed by atoms with Crippen LogP contribution in [0.1, 0.15) is 16.8 Å². The minimum Gasteiger partial charge on any atom is -0.370 e. The first-order chi connectivity index (χ1) is 10.1. The quantitative estimate of drug-likeness (QED) is 0.866. The first kappa shape index (κ1) is 13.9. The topological polar surface area (TPSA) is 38.2 Å². The molecule has 0 radical (unpaired) electrons. The van der Waals surface area contributed by atoms with E-state index in [-0.39, 0.29) is 11.9 Å². The molecule has 4 nitrogen and oxygen atoms in total. The highest BCUT2D eigenvalue weighted by Crippen LogP contribution is 2.25. The Bertz CT molecular complexity index is 641. The average Bonchev–Trinajstić information content (AvgIpc) is 2.43. The summed E-state index contributed by atoms with van der Waals surface area (Å²) in [4.78, 5) is 10.7. The number of aryl methyl sites for hydroxylation is 1. The molecule has 1 saturated heterocycles. The fourth-order valence-electron chi connectivity index (χ4n) is 2.38. The van der Waals surface area contributed by atoms with Gasteiger partial charge in [0.15, 0.2) is 0 Å². The van der Waals surface area contributed by atoms with E-state index in [0.717, 1.165) is 30.2 Å². The molecule has 0 spiro atoms. The van der Waals surface area contributed by atoms with Crippen LogP contribution in [0.5, 0.6) is 0 Å². The molecular weight excluding hydrogens is 269 g/mol. The van der Waals surface area contributed by atoms with Gasteiger partial charge in [0, 0.05) is 29.9 Å². The van der Waals surface area contributed by atoms with E-state index in [0.29, 0.717) is 12.2 Å². The Kier molecular flexibility index (Phi) is 3.84. The Labute approximate surface area is 123 Å². The van der Waals surface area contributed by atoms with Crippen LogP contribution in [-0.4, -0.2) is 29.2 Å². The van der Waals surface area contributed by atoms with Gasteiger partial charge in [-0.1, -0.05) is 18.2 Å². The second kappa shape index (κ2) is 5.77. The normalized spacial score (nSPS) is 15.1. The summed E-state index contributed by atoms with van der Waals surface area (Å²) in [5, 5.41) is 0. The zero-order valence-corrected chi connectivity index (χ0v) is 12.2. The van der Waals surface area contributed by atoms with E-state index in [4.69, 9.17) is 4.74 Å². The van der Waals surface area contributed by atoms with E-state index < -0.39 is 0 Å². The van der Waals surface area contributed by atoms with Crippen LogP contribution in [0, 0.1) is 19.7 Å². The van der Waals surface area contributed by atoms with Crippen molar-refractivity contribution in [1.29, 1.82) is 0 Å². The van der Waals surface area contributed by atoms with Crippen molar-refractivity contribution in [2.24, 2.45) is 0 Å². The van der Waals surface area contributed by atoms with Crippen LogP contribution in [0.4, 0.5) is 10.2 Å². The molecule has 2 heterocycles. The highest BCUT2D eigenvalue weighted by atomic mass is 19.1. The molecule has 21 heavy (non-hydrogen) atoms. The molecule has 0 bridgehead atoms. The second-order valence-corrected chi connectivity index (χ2v) is 5.34. The Morgan fingerprint density at radius 3 is 2.76 bits per heavy atom. The predicted octanol–water partition coefficient (Wildman–Crippen LogP) is 2.64. The summed E-state index contributed by atoms with van der Waals surface area (Å²) in [7, 11) is 0. The highest BCUT2D eigenvalue weighted by Gasteiger charge is 2.29. The van der Waals surface area contributed by atoms with E-state index in [1.165, 1.54) is 6.07 Å². The number of anilines is 1. The van der Waals surface area contributed by atoms with Crippen LogP contribution < -0.4 is 4.90 Å². The molecule has 110 valence electrons. The lowest BCUT2D eigenvalue weighted by atomic mass is 10.1. The van der Waals surface area contributed by atoms with Gasteiger partial charge in [0.05, 0.1) is 12.7 Å². The molecule has 1 aromatic heterocycles. The maximum absolute atomic E-state index is 13.5. The average molecular weight is 287 g/mol. The van der Waals surface area contributed by atoms with Crippen molar-refractivity contribution >= 4 is 5.82 Å². The fraction of sp³-hybridized carbons (Fsp3) is 0.375. The van der Waals surface area contributed by atoms with E-state index in [2.05, 4.69) is 14.9 Å². The van der Waals surface area contributed by atoms with Crippen LogP contribution in [0.25, 0.3) is 0 Å². The molecule has 0 amide bonds. The van der Waals surface area contributed by atoms with Gasteiger partial charge in [-0.15, -0.1) is 0 Å². The zero-order valence-electron chi connectivity index (χ0n) is 12.2. The minimum atomic E-state index is -0.212. The summed E-state index contributed by atoms with van der Waals surface area (Å²) in [6.07, 6.45) is 1.71. The Morgan fingerprint density at radius 2 is 2.00 bits per heavy atom. The molecule has 0 unspecified atom stereocenters. The van der Waals surface area contributed by atoms with E-state index in [9.17, 15) is 4.39 Å². The van der Waals surface area contributed by atoms with Gasteiger partial charge in [-0.3, -0.25) is 0 Å². The third-order valence-electron chi connectivity index (χ3n) is 3.89. The number of rotatable bonds is 4. The first-order valence-electron chi connectivity index (χ1n) is 7.03. The van der Waals surface area contributed by atoms with Gasteiger partial charge in [-0.05, 0) is 19.9 Å². The summed E-state index contributed by atoms with van der Waals surface area (Å²) in [6.45, 7) is 5.88. The summed E-state index contributed by atoms with van der Waals surface area (Å²) >= 11 is 0. The molecule has 0 aliphatic carbocycles. The maximum Gasteiger partial charge on any atom is 0.135 e. The predicted molar refractivity (Wildman–Crippen MR) is 78.7 cm³/mol. The summed E-state index contributed by atoms with van der Waals surface area (Å²) in [6, 6.07) is 6.72. The highest BCUT2D eigenvalue weighted by molar-refractivity contribution is 5.49. The second-order valence-electron chi connectivity index (χ2n) is 5.34. The summed E-state index contributed by atoms with van der Waals surface area (Å²) in [5.74, 6) is 0.754. The summed E-state index contributed by atoms with van der Waals surface area (Å²) in [5.41, 5.74) is 2.70. The first-order valence-corrected chi connectivity index (χ1v) is 7.03. The van der Waals surface area contributed by atoms with Gasteiger partial charge in [0.2, 0.25) is 0 Å². The lowest BCUT2D eigenvalue weighted by Gasteiger charge is -2.40. The number of hydrogen-bond donors (Lipinski definition) is 0. The van der Waals surface area contributed by atoms with Crippen molar-refractivity contribution in [3.05, 3.63) is 53.2 Å². The number of aromatic nitrogens is 2. The van der Waals surface area contributed by atoms with Crippen molar-refractivity contribution < 1.29 is 9.13 Å². The van der Waals surface area contributed by atoms with Crippen LogP contribution in [0.2, 0.25) is 0 Å². The van der Waals surface area contributed by atoms with Gasteiger partial charge in [-0.2, -0.15) is 0 Å². The van der Waals surface area contributed by atoms with Crippen LogP contribution >= 0.6 is 0 Å². The monoisotopic (exact) mass is 287 g/mol. The maximum atomic E-state index is 13.5. The largest absolute Gasteiger partial charge is 0.370 e. The molecule has 5 heteroatoms. The van der Waals surface area contributed by atoms with Crippen LogP contribution in [0.15, 0.2) is 30.6 Å². The standard InChI is InChI=1S/C16H18FN3O/c1-11-12(2)18-10-19-16(11)20-7-14(8-20)21-9-13-5-3-4-6-15(13)17/h3-6,10,14H,7-9H2,1-2H3. The van der Waals surface area contributed by atoms with Crippen molar-refractivity contribution in [3.63, 3.8) is 0 Å². The van der Waals surface area contributed by atoms with Crippen molar-refractivity contribution in [2.45, 2.75) is 26.6 Å². The summed E-state index contributed by atoms with van der Waals surface area (Å²) < 4.78 is 19.2. The number of hydrogen-bond acceptors (Lipinski definition) is 4. The molecular formula is C16H18FN3O. The van der Waals surface area contributed by atoms with E-state index >= 15 is 0 Å². The zero-order chi connectivity index (χ0) is 14.8. The van der Waals surface area contributed by atoms with Crippen molar-refractivity contribution in [1.82, 2.24) is 9.97 Å².